The van der Waals surface area contributed by atoms with Gasteiger partial charge in [0.1, 0.15) is 11.3 Å². The molecule has 0 radical (unpaired) electrons. The highest BCUT2D eigenvalue weighted by atomic mass is 32.1. The molecule has 18 heavy (non-hydrogen) atoms. The summed E-state index contributed by atoms with van der Waals surface area (Å²) in [7, 11) is 0. The highest BCUT2D eigenvalue weighted by Crippen LogP contribution is 2.12. The van der Waals surface area contributed by atoms with Gasteiger partial charge in [-0.05, 0) is 32.2 Å². The van der Waals surface area contributed by atoms with Crippen molar-refractivity contribution in [3.63, 3.8) is 0 Å². The molecule has 0 aliphatic heterocycles. The SMILES string of the molecule is CC(C)(C)OC(=O)N=C(Cc1cccs1)C(=O)O. The molecule has 0 bridgehead atoms. The van der Waals surface area contributed by atoms with E-state index in [4.69, 9.17) is 9.84 Å². The Labute approximate surface area is 109 Å². The molecule has 1 N–H and O–H groups in total. The van der Waals surface area contributed by atoms with E-state index >= 15 is 0 Å². The van der Waals surface area contributed by atoms with Crippen molar-refractivity contribution in [2.24, 2.45) is 4.99 Å². The third-order valence-corrected chi connectivity index (χ3v) is 2.66. The van der Waals surface area contributed by atoms with Gasteiger partial charge in [-0.15, -0.1) is 11.3 Å². The third-order valence-electron chi connectivity index (χ3n) is 1.79. The molecule has 0 fully saturated rings. The number of aliphatic carboxylic acids is 1. The van der Waals surface area contributed by atoms with Crippen molar-refractivity contribution in [2.75, 3.05) is 0 Å². The Bertz CT molecular complexity index is 457. The number of carboxylic acid groups (broad SMARTS) is 1. The molecule has 0 saturated heterocycles. The van der Waals surface area contributed by atoms with Crippen LogP contribution in [0.4, 0.5) is 4.79 Å². The number of nitrogens with zero attached hydrogens (tertiary/aromatic N) is 1. The zero-order chi connectivity index (χ0) is 13.8. The Morgan fingerprint density at radius 2 is 2.11 bits per heavy atom. The highest BCUT2D eigenvalue weighted by Gasteiger charge is 2.19. The van der Waals surface area contributed by atoms with Crippen LogP contribution in [0.25, 0.3) is 0 Å². The Hall–Kier alpha value is -1.69. The zero-order valence-corrected chi connectivity index (χ0v) is 11.3. The lowest BCUT2D eigenvalue weighted by Gasteiger charge is -2.17. The third kappa shape index (κ3) is 5.09. The average Bonchev–Trinajstić information content (AvgIpc) is 2.66. The number of ether oxygens (including phenoxy) is 1. The van der Waals surface area contributed by atoms with Crippen molar-refractivity contribution < 1.29 is 19.4 Å². The predicted molar refractivity (Wildman–Crippen MR) is 69.3 cm³/mol. The smallest absolute Gasteiger partial charge is 0.434 e. The summed E-state index contributed by atoms with van der Waals surface area (Å²) < 4.78 is 4.95. The first kappa shape index (κ1) is 14.4. The molecular formula is C12H15NO4S. The highest BCUT2D eigenvalue weighted by molar-refractivity contribution is 7.10. The summed E-state index contributed by atoms with van der Waals surface area (Å²) in [6.45, 7) is 5.08. The van der Waals surface area contributed by atoms with Crippen LogP contribution in [0.1, 0.15) is 25.6 Å². The second kappa shape index (κ2) is 5.77. The van der Waals surface area contributed by atoms with E-state index < -0.39 is 17.7 Å². The van der Waals surface area contributed by atoms with Crippen LogP contribution in [0.15, 0.2) is 22.5 Å². The lowest BCUT2D eigenvalue weighted by Crippen LogP contribution is -2.24. The summed E-state index contributed by atoms with van der Waals surface area (Å²) in [6, 6.07) is 3.60. The lowest BCUT2D eigenvalue weighted by atomic mass is 10.2. The minimum atomic E-state index is -1.21. The van der Waals surface area contributed by atoms with Crippen molar-refractivity contribution in [3.05, 3.63) is 22.4 Å². The summed E-state index contributed by atoms with van der Waals surface area (Å²) in [4.78, 5) is 26.8. The maximum absolute atomic E-state index is 11.4. The Balaban J connectivity index is 2.79. The van der Waals surface area contributed by atoms with Crippen LogP contribution in [-0.2, 0) is 16.0 Å². The fourth-order valence-electron chi connectivity index (χ4n) is 1.14. The van der Waals surface area contributed by atoms with Crippen LogP contribution in [0.3, 0.4) is 0 Å². The first-order valence-corrected chi connectivity index (χ1v) is 6.22. The number of hydrogen-bond acceptors (Lipinski definition) is 4. The number of rotatable bonds is 3. The standard InChI is InChI=1S/C12H15NO4S/c1-12(2,3)17-11(16)13-9(10(14)15)7-8-5-4-6-18-8/h4-6H,7H2,1-3H3,(H,14,15). The van der Waals surface area contributed by atoms with Gasteiger partial charge in [0.2, 0.25) is 0 Å². The van der Waals surface area contributed by atoms with Crippen LogP contribution in [0, 0.1) is 0 Å². The van der Waals surface area contributed by atoms with E-state index in [1.54, 1.807) is 26.8 Å². The predicted octanol–water partition coefficient (Wildman–Crippen LogP) is 2.75. The number of carboxylic acids is 1. The molecule has 0 unspecified atom stereocenters. The van der Waals surface area contributed by atoms with E-state index in [0.717, 1.165) is 4.88 Å². The molecule has 1 rings (SSSR count). The Kier molecular flexibility index (Phi) is 4.61. The first-order chi connectivity index (χ1) is 8.28. The lowest BCUT2D eigenvalue weighted by molar-refractivity contribution is -0.129. The molecule has 5 nitrogen and oxygen atoms in total. The van der Waals surface area contributed by atoms with E-state index in [2.05, 4.69) is 4.99 Å². The maximum atomic E-state index is 11.4. The van der Waals surface area contributed by atoms with E-state index in [0.29, 0.717) is 0 Å². The van der Waals surface area contributed by atoms with Crippen molar-refractivity contribution in [3.8, 4) is 0 Å². The molecule has 1 aromatic heterocycles. The van der Waals surface area contributed by atoms with E-state index in [1.807, 2.05) is 11.4 Å². The van der Waals surface area contributed by atoms with Crippen LogP contribution in [0.5, 0.6) is 0 Å². The van der Waals surface area contributed by atoms with Crippen LogP contribution < -0.4 is 0 Å². The fourth-order valence-corrected chi connectivity index (χ4v) is 1.85. The first-order valence-electron chi connectivity index (χ1n) is 5.34. The monoisotopic (exact) mass is 269 g/mol. The summed E-state index contributed by atoms with van der Waals surface area (Å²) >= 11 is 1.41. The quantitative estimate of drug-likeness (QED) is 0.856. The molecule has 1 heterocycles. The summed E-state index contributed by atoms with van der Waals surface area (Å²) in [5, 5.41) is 10.8. The molecular weight excluding hydrogens is 254 g/mol. The molecule has 98 valence electrons. The fraction of sp³-hybridized carbons (Fsp3) is 0.417. The van der Waals surface area contributed by atoms with Gasteiger partial charge in [-0.25, -0.2) is 9.59 Å². The minimum Gasteiger partial charge on any atom is -0.477 e. The molecule has 6 heteroatoms. The van der Waals surface area contributed by atoms with E-state index in [1.165, 1.54) is 11.3 Å². The number of amides is 1. The number of carbonyl (C=O) groups excluding carboxylic acids is 1. The molecule has 0 aliphatic carbocycles. The molecule has 0 spiro atoms. The van der Waals surface area contributed by atoms with Gasteiger partial charge >= 0.3 is 12.1 Å². The number of hydrogen-bond donors (Lipinski definition) is 1. The van der Waals surface area contributed by atoms with Crippen LogP contribution >= 0.6 is 11.3 Å². The van der Waals surface area contributed by atoms with Gasteiger partial charge in [0.15, 0.2) is 0 Å². The van der Waals surface area contributed by atoms with Crippen molar-refractivity contribution >= 4 is 29.1 Å². The second-order valence-electron chi connectivity index (χ2n) is 4.60. The second-order valence-corrected chi connectivity index (χ2v) is 5.63. The summed E-state index contributed by atoms with van der Waals surface area (Å²) in [5.74, 6) is -1.21. The topological polar surface area (TPSA) is 76.0 Å². The minimum absolute atomic E-state index is 0.117. The van der Waals surface area contributed by atoms with Gasteiger partial charge in [-0.1, -0.05) is 6.07 Å². The van der Waals surface area contributed by atoms with Gasteiger partial charge < -0.3 is 9.84 Å². The Morgan fingerprint density at radius 3 is 2.56 bits per heavy atom. The number of aliphatic imine (C=N–C) groups is 1. The molecule has 0 aromatic carbocycles. The van der Waals surface area contributed by atoms with E-state index in [-0.39, 0.29) is 12.1 Å². The molecule has 1 aromatic rings. The van der Waals surface area contributed by atoms with Crippen molar-refractivity contribution in [1.29, 1.82) is 0 Å². The van der Waals surface area contributed by atoms with E-state index in [9.17, 15) is 9.59 Å². The largest absolute Gasteiger partial charge is 0.477 e. The van der Waals surface area contributed by atoms with Crippen molar-refractivity contribution in [1.82, 2.24) is 0 Å². The molecule has 0 atom stereocenters. The maximum Gasteiger partial charge on any atom is 0.434 e. The number of carbonyl (C=O) groups is 2. The van der Waals surface area contributed by atoms with Crippen molar-refractivity contribution in [2.45, 2.75) is 32.8 Å². The molecule has 0 saturated carbocycles. The summed E-state index contributed by atoms with van der Waals surface area (Å²) in [6.07, 6.45) is -0.761. The molecule has 0 aliphatic rings. The average molecular weight is 269 g/mol. The summed E-state index contributed by atoms with van der Waals surface area (Å²) in [5.41, 5.74) is -0.903. The normalized spacial score (nSPS) is 12.3. The van der Waals surface area contributed by atoms with Crippen LogP contribution in [-0.4, -0.2) is 28.5 Å². The van der Waals surface area contributed by atoms with Gasteiger partial charge in [0.25, 0.3) is 0 Å². The zero-order valence-electron chi connectivity index (χ0n) is 10.5. The van der Waals surface area contributed by atoms with Gasteiger partial charge in [-0.2, -0.15) is 4.99 Å². The van der Waals surface area contributed by atoms with Crippen LogP contribution in [0.2, 0.25) is 0 Å². The Morgan fingerprint density at radius 1 is 1.44 bits per heavy atom. The van der Waals surface area contributed by atoms with Gasteiger partial charge in [0, 0.05) is 11.3 Å². The van der Waals surface area contributed by atoms with Gasteiger partial charge in [-0.3, -0.25) is 0 Å². The number of thiophene rings is 1. The van der Waals surface area contributed by atoms with Gasteiger partial charge in [0.05, 0.1) is 0 Å². The molecule has 1 amide bonds.